The molecule has 0 saturated carbocycles. The first-order valence-corrected chi connectivity index (χ1v) is 31.4. The number of hydrogen-bond acceptors (Lipinski definition) is 6. The molecule has 0 fully saturated rings. The monoisotopic (exact) mass is 975 g/mol. The summed E-state index contributed by atoms with van der Waals surface area (Å²) in [5.41, 5.74) is 0. The standard InChI is InChI=1S/C63H122O6/c1-5-7-9-11-13-15-17-19-21-23-24-26-30-34-38-42-46-50-54-61(64)67-57-60(69-63(66)56-52-48-44-40-36-32-25-22-20-18-16-14-12-10-8-6-2)58-68-62(65)55-51-47-43-39-35-31-28-27-29-33-37-41-45-49-53-59(3)4/h59-60H,5-58H2,1-4H3/t60-/m0/s1. The number of unbranched alkanes of at least 4 members (excludes halogenated alkanes) is 45. The first-order chi connectivity index (χ1) is 33.9. The predicted octanol–water partition coefficient (Wildman–Crippen LogP) is 21.0. The molecular formula is C63H122O6. The molecule has 0 bridgehead atoms. The van der Waals surface area contributed by atoms with Crippen molar-refractivity contribution in [3.8, 4) is 0 Å². The third-order valence-electron chi connectivity index (χ3n) is 14.5. The van der Waals surface area contributed by atoms with Crippen LogP contribution in [0.4, 0.5) is 0 Å². The van der Waals surface area contributed by atoms with Gasteiger partial charge in [0.25, 0.3) is 0 Å². The maximum Gasteiger partial charge on any atom is 0.306 e. The average Bonchev–Trinajstić information content (AvgIpc) is 3.34. The molecule has 0 heterocycles. The maximum absolute atomic E-state index is 12.9. The molecule has 6 heteroatoms. The summed E-state index contributed by atoms with van der Waals surface area (Å²) in [5, 5.41) is 0. The fraction of sp³-hybridized carbons (Fsp3) is 0.952. The summed E-state index contributed by atoms with van der Waals surface area (Å²) in [6.45, 7) is 9.09. The van der Waals surface area contributed by atoms with E-state index >= 15 is 0 Å². The minimum Gasteiger partial charge on any atom is -0.462 e. The SMILES string of the molecule is CCCCCCCCCCCCCCCCCCCCC(=O)OC[C@@H](COC(=O)CCCCCCCCCCCCCCCCC(C)C)OC(=O)CCCCCCCCCCCCCCCCCC. The second kappa shape index (κ2) is 57.3. The van der Waals surface area contributed by atoms with Gasteiger partial charge in [-0.1, -0.05) is 323 Å². The second-order valence-corrected chi connectivity index (χ2v) is 22.2. The first-order valence-electron chi connectivity index (χ1n) is 31.4. The fourth-order valence-electron chi connectivity index (χ4n) is 9.81. The van der Waals surface area contributed by atoms with E-state index in [1.807, 2.05) is 0 Å². The Morgan fingerprint density at radius 2 is 0.478 bits per heavy atom. The Labute approximate surface area is 431 Å². The molecule has 0 aliphatic heterocycles. The van der Waals surface area contributed by atoms with Crippen LogP contribution in [-0.2, 0) is 28.6 Å². The summed E-state index contributed by atoms with van der Waals surface area (Å²) in [6, 6.07) is 0. The van der Waals surface area contributed by atoms with E-state index in [1.165, 1.54) is 257 Å². The number of carbonyl (C=O) groups excluding carboxylic acids is 3. The smallest absolute Gasteiger partial charge is 0.306 e. The molecule has 0 amide bonds. The van der Waals surface area contributed by atoms with E-state index in [1.54, 1.807) is 0 Å². The van der Waals surface area contributed by atoms with Crippen molar-refractivity contribution in [2.24, 2.45) is 5.92 Å². The predicted molar refractivity (Wildman–Crippen MR) is 298 cm³/mol. The van der Waals surface area contributed by atoms with Gasteiger partial charge >= 0.3 is 17.9 Å². The van der Waals surface area contributed by atoms with Crippen molar-refractivity contribution in [2.45, 2.75) is 368 Å². The van der Waals surface area contributed by atoms with E-state index in [0.29, 0.717) is 19.3 Å². The average molecular weight is 976 g/mol. The van der Waals surface area contributed by atoms with Crippen molar-refractivity contribution in [2.75, 3.05) is 13.2 Å². The van der Waals surface area contributed by atoms with Crippen molar-refractivity contribution < 1.29 is 28.6 Å². The Morgan fingerprint density at radius 3 is 0.710 bits per heavy atom. The zero-order valence-electron chi connectivity index (χ0n) is 47.3. The molecule has 0 unspecified atom stereocenters. The number of esters is 3. The molecule has 0 radical (unpaired) electrons. The molecule has 0 rings (SSSR count). The molecule has 1 atom stereocenters. The topological polar surface area (TPSA) is 78.9 Å². The second-order valence-electron chi connectivity index (χ2n) is 22.2. The van der Waals surface area contributed by atoms with Crippen LogP contribution in [0.25, 0.3) is 0 Å². The van der Waals surface area contributed by atoms with Crippen LogP contribution in [0.2, 0.25) is 0 Å². The lowest BCUT2D eigenvalue weighted by atomic mass is 10.0. The van der Waals surface area contributed by atoms with Crippen molar-refractivity contribution in [3.63, 3.8) is 0 Å². The van der Waals surface area contributed by atoms with Crippen LogP contribution in [0.5, 0.6) is 0 Å². The molecule has 0 aromatic heterocycles. The normalized spacial score (nSPS) is 12.0. The Bertz CT molecular complexity index is 1040. The summed E-state index contributed by atoms with van der Waals surface area (Å²) >= 11 is 0. The summed E-state index contributed by atoms with van der Waals surface area (Å²) in [4.78, 5) is 38.3. The van der Waals surface area contributed by atoms with Gasteiger partial charge in [-0.2, -0.15) is 0 Å². The highest BCUT2D eigenvalue weighted by Gasteiger charge is 2.19. The molecule has 0 aromatic rings. The summed E-state index contributed by atoms with van der Waals surface area (Å²) in [5.74, 6) is 0.0163. The van der Waals surface area contributed by atoms with Gasteiger partial charge in [-0.05, 0) is 25.2 Å². The maximum atomic E-state index is 12.9. The minimum atomic E-state index is -0.763. The van der Waals surface area contributed by atoms with Crippen LogP contribution >= 0.6 is 0 Å². The van der Waals surface area contributed by atoms with Crippen molar-refractivity contribution >= 4 is 17.9 Å². The Hall–Kier alpha value is -1.59. The van der Waals surface area contributed by atoms with Crippen LogP contribution in [-0.4, -0.2) is 37.2 Å². The van der Waals surface area contributed by atoms with Gasteiger partial charge in [0.05, 0.1) is 0 Å². The third-order valence-corrected chi connectivity index (χ3v) is 14.5. The quantitative estimate of drug-likeness (QED) is 0.0343. The van der Waals surface area contributed by atoms with E-state index in [9.17, 15) is 14.4 Å². The third kappa shape index (κ3) is 57.2. The lowest BCUT2D eigenvalue weighted by Gasteiger charge is -2.18. The van der Waals surface area contributed by atoms with Gasteiger partial charge in [-0.25, -0.2) is 0 Å². The van der Waals surface area contributed by atoms with E-state index in [2.05, 4.69) is 27.7 Å². The van der Waals surface area contributed by atoms with Gasteiger partial charge in [-0.3, -0.25) is 14.4 Å². The highest BCUT2D eigenvalue weighted by Crippen LogP contribution is 2.19. The highest BCUT2D eigenvalue weighted by molar-refractivity contribution is 5.71. The van der Waals surface area contributed by atoms with E-state index < -0.39 is 6.10 Å². The lowest BCUT2D eigenvalue weighted by Crippen LogP contribution is -2.30. The molecule has 0 aliphatic carbocycles. The fourth-order valence-corrected chi connectivity index (χ4v) is 9.81. The summed E-state index contributed by atoms with van der Waals surface area (Å²) in [6.07, 6.45) is 63.8. The Morgan fingerprint density at radius 1 is 0.275 bits per heavy atom. The molecule has 6 nitrogen and oxygen atoms in total. The van der Waals surface area contributed by atoms with Crippen LogP contribution in [0.15, 0.2) is 0 Å². The summed E-state index contributed by atoms with van der Waals surface area (Å²) < 4.78 is 17.0. The zero-order valence-corrected chi connectivity index (χ0v) is 47.3. The first kappa shape index (κ1) is 67.4. The highest BCUT2D eigenvalue weighted by atomic mass is 16.6. The van der Waals surface area contributed by atoms with Gasteiger partial charge in [0.2, 0.25) is 0 Å². The van der Waals surface area contributed by atoms with Crippen LogP contribution in [0.1, 0.15) is 362 Å². The van der Waals surface area contributed by atoms with Crippen molar-refractivity contribution in [1.82, 2.24) is 0 Å². The number of rotatable bonds is 58. The van der Waals surface area contributed by atoms with Gasteiger partial charge in [0.1, 0.15) is 13.2 Å². The molecule has 0 aliphatic rings. The van der Waals surface area contributed by atoms with Crippen LogP contribution in [0.3, 0.4) is 0 Å². The van der Waals surface area contributed by atoms with Gasteiger partial charge < -0.3 is 14.2 Å². The van der Waals surface area contributed by atoms with Gasteiger partial charge in [-0.15, -0.1) is 0 Å². The molecule has 410 valence electrons. The molecule has 0 aromatic carbocycles. The molecule has 69 heavy (non-hydrogen) atoms. The molecule has 0 spiro atoms. The van der Waals surface area contributed by atoms with Gasteiger partial charge in [0.15, 0.2) is 6.10 Å². The molecule has 0 saturated heterocycles. The largest absolute Gasteiger partial charge is 0.462 e. The number of carbonyl (C=O) groups is 3. The van der Waals surface area contributed by atoms with E-state index in [0.717, 1.165) is 63.7 Å². The Kier molecular flexibility index (Phi) is 56.0. The zero-order chi connectivity index (χ0) is 50.2. The van der Waals surface area contributed by atoms with Gasteiger partial charge in [0, 0.05) is 19.3 Å². The van der Waals surface area contributed by atoms with E-state index in [4.69, 9.17) is 14.2 Å². The van der Waals surface area contributed by atoms with Crippen LogP contribution in [0, 0.1) is 5.92 Å². The van der Waals surface area contributed by atoms with Crippen LogP contribution < -0.4 is 0 Å². The number of hydrogen-bond donors (Lipinski definition) is 0. The lowest BCUT2D eigenvalue weighted by molar-refractivity contribution is -0.167. The van der Waals surface area contributed by atoms with Crippen molar-refractivity contribution in [3.05, 3.63) is 0 Å². The number of ether oxygens (including phenoxy) is 3. The molecular weight excluding hydrogens is 853 g/mol. The summed E-state index contributed by atoms with van der Waals surface area (Å²) in [7, 11) is 0. The Balaban J connectivity index is 4.28. The van der Waals surface area contributed by atoms with E-state index in [-0.39, 0.29) is 31.1 Å². The van der Waals surface area contributed by atoms with Crippen molar-refractivity contribution in [1.29, 1.82) is 0 Å². The molecule has 0 N–H and O–H groups in total. The minimum absolute atomic E-state index is 0.0612.